The third-order valence-corrected chi connectivity index (χ3v) is 5.94. The zero-order valence-electron chi connectivity index (χ0n) is 16.3. The van der Waals surface area contributed by atoms with Gasteiger partial charge in [-0.25, -0.2) is 0 Å². The first kappa shape index (κ1) is 20.9. The van der Waals surface area contributed by atoms with E-state index in [2.05, 4.69) is 15.5 Å². The summed E-state index contributed by atoms with van der Waals surface area (Å²) in [4.78, 5) is 26.7. The third kappa shape index (κ3) is 5.61. The van der Waals surface area contributed by atoms with E-state index in [0.29, 0.717) is 15.7 Å². The number of hydrogen-bond acceptors (Lipinski definition) is 6. The number of rotatable bonds is 6. The van der Waals surface area contributed by atoms with E-state index in [0.717, 1.165) is 17.4 Å². The second-order valence-electron chi connectivity index (χ2n) is 6.41. The minimum atomic E-state index is -0.182. The Morgan fingerprint density at radius 2 is 1.83 bits per heavy atom. The Balaban J connectivity index is 1.64. The van der Waals surface area contributed by atoms with E-state index in [1.807, 2.05) is 54.0 Å². The molecule has 3 rings (SSSR count). The second-order valence-corrected chi connectivity index (χ2v) is 8.35. The maximum Gasteiger partial charge on any atom is 0.286 e. The molecule has 0 aliphatic heterocycles. The van der Waals surface area contributed by atoms with E-state index in [1.165, 1.54) is 22.2 Å². The van der Waals surface area contributed by atoms with Gasteiger partial charge in [-0.2, -0.15) is 0 Å². The van der Waals surface area contributed by atoms with Gasteiger partial charge in [0.2, 0.25) is 5.91 Å². The Bertz CT molecular complexity index is 1000. The lowest BCUT2D eigenvalue weighted by molar-refractivity contribution is -0.113. The van der Waals surface area contributed by atoms with E-state index in [9.17, 15) is 9.59 Å². The maximum atomic E-state index is 12.5. The van der Waals surface area contributed by atoms with Gasteiger partial charge in [-0.15, -0.1) is 10.2 Å². The van der Waals surface area contributed by atoms with Crippen molar-refractivity contribution in [2.75, 3.05) is 25.2 Å². The minimum absolute atomic E-state index is 0.104. The van der Waals surface area contributed by atoms with Crippen LogP contribution in [-0.2, 0) is 4.79 Å². The van der Waals surface area contributed by atoms with Gasteiger partial charge in [-0.3, -0.25) is 14.2 Å². The molecule has 0 unspecified atom stereocenters. The van der Waals surface area contributed by atoms with E-state index >= 15 is 0 Å². The molecule has 150 valence electrons. The van der Waals surface area contributed by atoms with Crippen molar-refractivity contribution in [1.82, 2.24) is 19.7 Å². The zero-order valence-corrected chi connectivity index (χ0v) is 18.0. The second kappa shape index (κ2) is 9.62. The van der Waals surface area contributed by atoms with Crippen LogP contribution in [-0.4, -0.2) is 50.7 Å². The number of hydrogen-bond donors (Lipinski definition) is 1. The number of thioether (sulfide) groups is 2. The molecule has 1 aromatic heterocycles. The van der Waals surface area contributed by atoms with Crippen molar-refractivity contribution >= 4 is 40.4 Å². The molecule has 0 radical (unpaired) electrons. The van der Waals surface area contributed by atoms with Crippen molar-refractivity contribution < 1.29 is 9.59 Å². The van der Waals surface area contributed by atoms with Crippen LogP contribution < -0.4 is 5.32 Å². The fourth-order valence-corrected chi connectivity index (χ4v) is 3.84. The zero-order chi connectivity index (χ0) is 20.8. The molecule has 0 aliphatic carbocycles. The Morgan fingerprint density at radius 1 is 1.10 bits per heavy atom. The SMILES string of the molecule is Cc1ccc(-n2cnnc2SCC(=O)Nc2ccccc2SC(=O)N(C)C)cc1. The number of nitrogens with one attached hydrogen (secondary N) is 1. The van der Waals surface area contributed by atoms with E-state index in [1.54, 1.807) is 26.5 Å². The predicted molar refractivity (Wildman–Crippen MR) is 117 cm³/mol. The minimum Gasteiger partial charge on any atom is -0.339 e. The van der Waals surface area contributed by atoms with Crippen molar-refractivity contribution in [1.29, 1.82) is 0 Å². The average molecular weight is 428 g/mol. The molecule has 0 bridgehead atoms. The molecule has 0 saturated heterocycles. The lowest BCUT2D eigenvalue weighted by atomic mass is 10.2. The molecule has 29 heavy (non-hydrogen) atoms. The van der Waals surface area contributed by atoms with Gasteiger partial charge < -0.3 is 10.2 Å². The number of carbonyl (C=O) groups is 2. The van der Waals surface area contributed by atoms with Crippen molar-refractivity contribution in [2.24, 2.45) is 0 Å². The van der Waals surface area contributed by atoms with Gasteiger partial charge in [0.05, 0.1) is 11.4 Å². The van der Waals surface area contributed by atoms with Crippen molar-refractivity contribution in [3.8, 4) is 5.69 Å². The normalized spacial score (nSPS) is 10.6. The monoisotopic (exact) mass is 427 g/mol. The van der Waals surface area contributed by atoms with Crippen LogP contribution in [0.4, 0.5) is 10.5 Å². The van der Waals surface area contributed by atoms with Gasteiger partial charge >= 0.3 is 0 Å². The Labute approximate surface area is 177 Å². The number of carbonyl (C=O) groups excluding carboxylic acids is 2. The molecule has 1 N–H and O–H groups in total. The molecule has 3 aromatic rings. The maximum absolute atomic E-state index is 12.5. The first-order chi connectivity index (χ1) is 13.9. The molecule has 7 nitrogen and oxygen atoms in total. The van der Waals surface area contributed by atoms with Gasteiger partial charge in [0.1, 0.15) is 6.33 Å². The quantitative estimate of drug-likeness (QED) is 0.597. The highest BCUT2D eigenvalue weighted by Gasteiger charge is 2.14. The van der Waals surface area contributed by atoms with E-state index in [4.69, 9.17) is 0 Å². The van der Waals surface area contributed by atoms with E-state index < -0.39 is 0 Å². The topological polar surface area (TPSA) is 80.1 Å². The molecule has 2 amide bonds. The fraction of sp³-hybridized carbons (Fsp3) is 0.200. The van der Waals surface area contributed by atoms with Gasteiger partial charge in [-0.05, 0) is 43.0 Å². The smallest absolute Gasteiger partial charge is 0.286 e. The summed E-state index contributed by atoms with van der Waals surface area (Å²) in [6.45, 7) is 2.03. The molecule has 2 aromatic carbocycles. The van der Waals surface area contributed by atoms with Crippen LogP contribution in [0.1, 0.15) is 5.56 Å². The summed E-state index contributed by atoms with van der Waals surface area (Å²) in [5.74, 6) is -0.00985. The summed E-state index contributed by atoms with van der Waals surface area (Å²) >= 11 is 2.38. The molecule has 1 heterocycles. The number of aryl methyl sites for hydroxylation is 1. The standard InChI is InChI=1S/C20H21N5O2S2/c1-14-8-10-15(11-9-14)25-13-21-23-19(25)28-12-18(26)22-16-6-4-5-7-17(16)29-20(27)24(2)3/h4-11,13H,12H2,1-3H3,(H,22,26). The molecule has 9 heteroatoms. The average Bonchev–Trinajstić information content (AvgIpc) is 3.17. The molecular weight excluding hydrogens is 406 g/mol. The third-order valence-electron chi connectivity index (χ3n) is 3.88. The van der Waals surface area contributed by atoms with E-state index in [-0.39, 0.29) is 16.9 Å². The van der Waals surface area contributed by atoms with Crippen LogP contribution in [0.25, 0.3) is 5.69 Å². The highest BCUT2D eigenvalue weighted by atomic mass is 32.2. The van der Waals surface area contributed by atoms with Crippen LogP contribution in [0.15, 0.2) is 64.9 Å². The lowest BCUT2D eigenvalue weighted by Gasteiger charge is -2.13. The first-order valence-electron chi connectivity index (χ1n) is 8.82. The van der Waals surface area contributed by atoms with Gasteiger partial charge in [0.25, 0.3) is 5.24 Å². The first-order valence-corrected chi connectivity index (χ1v) is 10.6. The molecule has 0 spiro atoms. The van der Waals surface area contributed by atoms with Crippen LogP contribution in [0.3, 0.4) is 0 Å². The number of para-hydroxylation sites is 1. The van der Waals surface area contributed by atoms with Gasteiger partial charge in [0.15, 0.2) is 5.16 Å². The lowest BCUT2D eigenvalue weighted by Crippen LogP contribution is -2.18. The fourth-order valence-electron chi connectivity index (χ4n) is 2.37. The molecule has 0 aliphatic rings. The summed E-state index contributed by atoms with van der Waals surface area (Å²) in [5.41, 5.74) is 2.71. The van der Waals surface area contributed by atoms with Gasteiger partial charge in [0, 0.05) is 24.7 Å². The van der Waals surface area contributed by atoms with Crippen LogP contribution >= 0.6 is 23.5 Å². The number of amides is 2. The Hall–Kier alpha value is -2.78. The molecule has 0 fully saturated rings. The molecule has 0 saturated carbocycles. The van der Waals surface area contributed by atoms with Crippen LogP contribution in [0, 0.1) is 6.92 Å². The Morgan fingerprint density at radius 3 is 2.55 bits per heavy atom. The largest absolute Gasteiger partial charge is 0.339 e. The summed E-state index contributed by atoms with van der Waals surface area (Å²) in [5, 5.41) is 11.5. The van der Waals surface area contributed by atoms with Crippen LogP contribution in [0.2, 0.25) is 0 Å². The van der Waals surface area contributed by atoms with Gasteiger partial charge in [-0.1, -0.05) is 41.6 Å². The summed E-state index contributed by atoms with van der Waals surface area (Å²) in [6.07, 6.45) is 1.63. The Kier molecular flexibility index (Phi) is 6.95. The van der Waals surface area contributed by atoms with Crippen molar-refractivity contribution in [2.45, 2.75) is 17.0 Å². The highest BCUT2D eigenvalue weighted by Crippen LogP contribution is 2.29. The highest BCUT2D eigenvalue weighted by molar-refractivity contribution is 8.13. The molecule has 0 atom stereocenters. The molecular formula is C20H21N5O2S2. The number of benzene rings is 2. The number of aromatic nitrogens is 3. The number of nitrogens with zero attached hydrogens (tertiary/aromatic N) is 4. The van der Waals surface area contributed by atoms with Crippen molar-refractivity contribution in [3.63, 3.8) is 0 Å². The summed E-state index contributed by atoms with van der Waals surface area (Å²) in [6, 6.07) is 15.2. The predicted octanol–water partition coefficient (Wildman–Crippen LogP) is 4.08. The van der Waals surface area contributed by atoms with Crippen molar-refractivity contribution in [3.05, 3.63) is 60.4 Å². The van der Waals surface area contributed by atoms with Crippen LogP contribution in [0.5, 0.6) is 0 Å². The number of anilines is 1. The summed E-state index contributed by atoms with van der Waals surface area (Å²) < 4.78 is 1.84. The summed E-state index contributed by atoms with van der Waals surface area (Å²) in [7, 11) is 3.38.